The van der Waals surface area contributed by atoms with Gasteiger partial charge in [0.05, 0.1) is 11.4 Å². The molecule has 0 saturated heterocycles. The smallest absolute Gasteiger partial charge is 0.223 e. The predicted octanol–water partition coefficient (Wildman–Crippen LogP) is 5.26. The molecule has 8 heteroatoms. The lowest BCUT2D eigenvalue weighted by atomic mass is 10.1. The number of nitrogens with zero attached hydrogens (tertiary/aromatic N) is 4. The van der Waals surface area contributed by atoms with Gasteiger partial charge < -0.3 is 5.32 Å². The number of aryl methyl sites for hydroxylation is 2. The van der Waals surface area contributed by atoms with Gasteiger partial charge in [-0.2, -0.15) is 0 Å². The SMILES string of the molecule is CC(=O)Nc1nc(CSc2nnc(-c3ccccc3)n2-c2ccc(C)c(C)c2)cs1. The number of thiazole rings is 1. The van der Waals surface area contributed by atoms with Gasteiger partial charge in [-0.3, -0.25) is 9.36 Å². The highest BCUT2D eigenvalue weighted by Gasteiger charge is 2.17. The summed E-state index contributed by atoms with van der Waals surface area (Å²) in [5.41, 5.74) is 5.40. The number of carbonyl (C=O) groups excluding carboxylic acids is 1. The van der Waals surface area contributed by atoms with E-state index in [-0.39, 0.29) is 5.91 Å². The van der Waals surface area contributed by atoms with Crippen molar-refractivity contribution in [1.29, 1.82) is 0 Å². The number of amides is 1. The lowest BCUT2D eigenvalue weighted by Crippen LogP contribution is -2.05. The molecular formula is C22H21N5OS2. The summed E-state index contributed by atoms with van der Waals surface area (Å²) in [6.07, 6.45) is 0. The highest BCUT2D eigenvalue weighted by atomic mass is 32.2. The van der Waals surface area contributed by atoms with E-state index >= 15 is 0 Å². The molecule has 0 unspecified atom stereocenters. The second-order valence-electron chi connectivity index (χ2n) is 6.89. The van der Waals surface area contributed by atoms with Crippen molar-refractivity contribution >= 4 is 34.1 Å². The van der Waals surface area contributed by atoms with Crippen molar-refractivity contribution in [2.24, 2.45) is 0 Å². The molecule has 1 N–H and O–H groups in total. The number of aromatic nitrogens is 4. The first-order valence-corrected chi connectivity index (χ1v) is 11.3. The van der Waals surface area contributed by atoms with Crippen molar-refractivity contribution in [2.75, 3.05) is 5.32 Å². The van der Waals surface area contributed by atoms with Gasteiger partial charge in [0.15, 0.2) is 16.1 Å². The maximum Gasteiger partial charge on any atom is 0.223 e. The van der Waals surface area contributed by atoms with Gasteiger partial charge in [0.25, 0.3) is 0 Å². The molecule has 152 valence electrons. The fourth-order valence-electron chi connectivity index (χ4n) is 2.95. The van der Waals surface area contributed by atoms with Crippen molar-refractivity contribution in [1.82, 2.24) is 19.7 Å². The van der Waals surface area contributed by atoms with Crippen LogP contribution in [0.25, 0.3) is 17.1 Å². The quantitative estimate of drug-likeness (QED) is 0.418. The van der Waals surface area contributed by atoms with E-state index in [0.29, 0.717) is 10.9 Å². The molecule has 1 amide bonds. The number of hydrogen-bond acceptors (Lipinski definition) is 6. The van der Waals surface area contributed by atoms with Crippen molar-refractivity contribution in [2.45, 2.75) is 31.7 Å². The summed E-state index contributed by atoms with van der Waals surface area (Å²) >= 11 is 2.99. The summed E-state index contributed by atoms with van der Waals surface area (Å²) < 4.78 is 2.09. The van der Waals surface area contributed by atoms with Crippen LogP contribution in [0.2, 0.25) is 0 Å². The van der Waals surface area contributed by atoms with Crippen molar-refractivity contribution in [3.05, 3.63) is 70.7 Å². The summed E-state index contributed by atoms with van der Waals surface area (Å²) in [6, 6.07) is 16.4. The Bertz CT molecular complexity index is 1180. The molecule has 0 bridgehead atoms. The van der Waals surface area contributed by atoms with Crippen LogP contribution in [0.1, 0.15) is 23.7 Å². The van der Waals surface area contributed by atoms with Gasteiger partial charge in [0.2, 0.25) is 5.91 Å². The van der Waals surface area contributed by atoms with E-state index < -0.39 is 0 Å². The second-order valence-corrected chi connectivity index (χ2v) is 8.69. The Morgan fingerprint density at radius 2 is 1.90 bits per heavy atom. The minimum atomic E-state index is -0.120. The molecule has 0 spiro atoms. The highest BCUT2D eigenvalue weighted by molar-refractivity contribution is 7.98. The van der Waals surface area contributed by atoms with Crippen LogP contribution in [-0.2, 0) is 10.5 Å². The average molecular weight is 436 g/mol. The van der Waals surface area contributed by atoms with Gasteiger partial charge in [-0.1, -0.05) is 48.2 Å². The molecule has 0 radical (unpaired) electrons. The molecule has 2 heterocycles. The van der Waals surface area contributed by atoms with Crippen molar-refractivity contribution in [3.63, 3.8) is 0 Å². The molecule has 0 fully saturated rings. The largest absolute Gasteiger partial charge is 0.302 e. The standard InChI is InChI=1S/C22H21N5OS2/c1-14-9-10-19(11-15(14)2)27-20(17-7-5-4-6-8-17)25-26-22(27)30-13-18-12-29-21(24-18)23-16(3)28/h4-12H,13H2,1-3H3,(H,23,24,28). The topological polar surface area (TPSA) is 72.7 Å². The lowest BCUT2D eigenvalue weighted by Gasteiger charge is -2.12. The molecule has 0 aliphatic heterocycles. The van der Waals surface area contributed by atoms with E-state index in [1.807, 2.05) is 35.7 Å². The van der Waals surface area contributed by atoms with Crippen LogP contribution >= 0.6 is 23.1 Å². The van der Waals surface area contributed by atoms with E-state index in [4.69, 9.17) is 0 Å². The molecule has 4 rings (SSSR count). The summed E-state index contributed by atoms with van der Waals surface area (Å²) in [4.78, 5) is 15.7. The van der Waals surface area contributed by atoms with Gasteiger partial charge in [-0.25, -0.2) is 4.98 Å². The fourth-order valence-corrected chi connectivity index (χ4v) is 4.66. The van der Waals surface area contributed by atoms with E-state index in [1.165, 1.54) is 29.4 Å². The molecule has 4 aromatic rings. The second kappa shape index (κ2) is 8.81. The van der Waals surface area contributed by atoms with E-state index in [2.05, 4.69) is 57.1 Å². The molecule has 30 heavy (non-hydrogen) atoms. The lowest BCUT2D eigenvalue weighted by molar-refractivity contribution is -0.114. The molecule has 0 saturated carbocycles. The summed E-state index contributed by atoms with van der Waals surface area (Å²) in [5, 5.41) is 15.0. The first-order chi connectivity index (χ1) is 14.5. The Labute approximate surface area is 183 Å². The maximum atomic E-state index is 11.2. The van der Waals surface area contributed by atoms with Gasteiger partial charge >= 0.3 is 0 Å². The third-order valence-corrected chi connectivity index (χ3v) is 6.37. The summed E-state index contributed by atoms with van der Waals surface area (Å²) in [5.74, 6) is 1.32. The zero-order chi connectivity index (χ0) is 21.1. The van der Waals surface area contributed by atoms with Gasteiger partial charge in [-0.15, -0.1) is 21.5 Å². The number of nitrogens with one attached hydrogen (secondary N) is 1. The minimum Gasteiger partial charge on any atom is -0.302 e. The predicted molar refractivity (Wildman–Crippen MR) is 122 cm³/mol. The number of benzene rings is 2. The van der Waals surface area contributed by atoms with Crippen molar-refractivity contribution in [3.8, 4) is 17.1 Å². The molecule has 2 aromatic carbocycles. The third-order valence-electron chi connectivity index (χ3n) is 4.60. The summed E-state index contributed by atoms with van der Waals surface area (Å²) in [7, 11) is 0. The van der Waals surface area contributed by atoms with Crippen LogP contribution < -0.4 is 5.32 Å². The number of hydrogen-bond donors (Lipinski definition) is 1. The third kappa shape index (κ3) is 4.44. The van der Waals surface area contributed by atoms with E-state index in [0.717, 1.165) is 27.9 Å². The average Bonchev–Trinajstić information content (AvgIpc) is 3.35. The molecule has 0 aliphatic carbocycles. The zero-order valence-corrected chi connectivity index (χ0v) is 18.5. The van der Waals surface area contributed by atoms with Gasteiger partial charge in [0, 0.05) is 23.6 Å². The molecule has 2 aromatic heterocycles. The van der Waals surface area contributed by atoms with Gasteiger partial charge in [0.1, 0.15) is 0 Å². The van der Waals surface area contributed by atoms with Crippen molar-refractivity contribution < 1.29 is 4.79 Å². The van der Waals surface area contributed by atoms with Crippen LogP contribution in [-0.4, -0.2) is 25.7 Å². The zero-order valence-electron chi connectivity index (χ0n) is 16.9. The fraction of sp³-hybridized carbons (Fsp3) is 0.182. The van der Waals surface area contributed by atoms with E-state index in [1.54, 1.807) is 11.8 Å². The number of rotatable bonds is 6. The first kappa shape index (κ1) is 20.3. The number of thioether (sulfide) groups is 1. The highest BCUT2D eigenvalue weighted by Crippen LogP contribution is 2.31. The number of anilines is 1. The molecule has 0 aliphatic rings. The van der Waals surface area contributed by atoms with Crippen LogP contribution in [0.5, 0.6) is 0 Å². The molecule has 6 nitrogen and oxygen atoms in total. The van der Waals surface area contributed by atoms with E-state index in [9.17, 15) is 4.79 Å². The summed E-state index contributed by atoms with van der Waals surface area (Å²) in [6.45, 7) is 5.69. The van der Waals surface area contributed by atoms with Gasteiger partial charge in [-0.05, 0) is 37.1 Å². The molecule has 0 atom stereocenters. The normalized spacial score (nSPS) is 10.9. The Morgan fingerprint density at radius 3 is 2.63 bits per heavy atom. The Hall–Kier alpha value is -2.97. The monoisotopic (exact) mass is 435 g/mol. The Balaban J connectivity index is 1.67. The maximum absolute atomic E-state index is 11.2. The first-order valence-electron chi connectivity index (χ1n) is 9.44. The Kier molecular flexibility index (Phi) is 5.96. The van der Waals surface area contributed by atoms with Crippen LogP contribution in [0.4, 0.5) is 5.13 Å². The molecular weight excluding hydrogens is 414 g/mol. The van der Waals surface area contributed by atoms with Crippen LogP contribution in [0.3, 0.4) is 0 Å². The number of carbonyl (C=O) groups is 1. The Morgan fingerprint density at radius 1 is 1.10 bits per heavy atom. The van der Waals surface area contributed by atoms with Crippen LogP contribution in [0.15, 0.2) is 59.1 Å². The minimum absolute atomic E-state index is 0.120. The van der Waals surface area contributed by atoms with Crippen LogP contribution in [0, 0.1) is 13.8 Å².